The second-order valence-corrected chi connectivity index (χ2v) is 5.50. The molecule has 19 heavy (non-hydrogen) atoms. The fraction of sp³-hybridized carbons (Fsp3) is 0.556. The van der Waals surface area contributed by atoms with Crippen molar-refractivity contribution < 1.29 is 5.11 Å². The Kier molecular flexibility index (Phi) is 5.98. The maximum atomic E-state index is 10.0. The Morgan fingerprint density at radius 1 is 1.11 bits per heavy atom. The summed E-state index contributed by atoms with van der Waals surface area (Å²) in [6.07, 6.45) is 8.81. The summed E-state index contributed by atoms with van der Waals surface area (Å²) < 4.78 is 0. The Bertz CT molecular complexity index is 406. The molecule has 0 heterocycles. The van der Waals surface area contributed by atoms with Gasteiger partial charge in [-0.15, -0.1) is 5.92 Å². The predicted octanol–water partition coefficient (Wildman–Crippen LogP) is 3.95. The molecule has 0 unspecified atom stereocenters. The van der Waals surface area contributed by atoms with Gasteiger partial charge >= 0.3 is 0 Å². The molecule has 1 saturated carbocycles. The lowest BCUT2D eigenvalue weighted by Gasteiger charge is -2.23. The van der Waals surface area contributed by atoms with Gasteiger partial charge in [0.2, 0.25) is 0 Å². The van der Waals surface area contributed by atoms with Crippen LogP contribution in [0.5, 0.6) is 0 Å². The van der Waals surface area contributed by atoms with E-state index in [0.29, 0.717) is 5.92 Å². The van der Waals surface area contributed by atoms with Crippen molar-refractivity contribution in [2.45, 2.75) is 57.5 Å². The number of aryl methyl sites for hydroxylation is 1. The third-order valence-electron chi connectivity index (χ3n) is 3.96. The third-order valence-corrected chi connectivity index (χ3v) is 3.96. The third kappa shape index (κ3) is 5.09. The Morgan fingerprint density at radius 2 is 1.84 bits per heavy atom. The molecule has 1 N–H and O–H groups in total. The summed E-state index contributed by atoms with van der Waals surface area (Å²) in [6, 6.07) is 10.5. The van der Waals surface area contributed by atoms with Gasteiger partial charge in [-0.1, -0.05) is 55.5 Å². The highest BCUT2D eigenvalue weighted by Crippen LogP contribution is 2.26. The van der Waals surface area contributed by atoms with E-state index in [0.717, 1.165) is 32.1 Å². The first kappa shape index (κ1) is 14.2. The fourth-order valence-electron chi connectivity index (χ4n) is 2.77. The predicted molar refractivity (Wildman–Crippen MR) is 79.7 cm³/mol. The second kappa shape index (κ2) is 8.02. The van der Waals surface area contributed by atoms with Crippen molar-refractivity contribution in [1.29, 1.82) is 0 Å². The largest absolute Gasteiger partial charge is 0.380 e. The summed E-state index contributed by atoms with van der Waals surface area (Å²) in [4.78, 5) is 0. The molecule has 0 spiro atoms. The molecule has 0 aromatic heterocycles. The lowest BCUT2D eigenvalue weighted by molar-refractivity contribution is 0.133. The molecule has 1 atom stereocenters. The Hall–Kier alpha value is -1.26. The Labute approximate surface area is 117 Å². The number of unbranched alkanes of at least 4 members (excludes halogenated alkanes) is 1. The summed E-state index contributed by atoms with van der Waals surface area (Å²) in [6.45, 7) is 0. The lowest BCUT2D eigenvalue weighted by atomic mass is 9.85. The number of rotatable bonds is 4. The van der Waals surface area contributed by atoms with E-state index in [1.54, 1.807) is 0 Å². The Balaban J connectivity index is 1.66. The van der Waals surface area contributed by atoms with Gasteiger partial charge in [0, 0.05) is 6.42 Å². The van der Waals surface area contributed by atoms with Crippen molar-refractivity contribution in [1.82, 2.24) is 0 Å². The van der Waals surface area contributed by atoms with Crippen molar-refractivity contribution in [3.8, 4) is 11.8 Å². The maximum absolute atomic E-state index is 10.0. The SMILES string of the molecule is O[C@@H](C#CCCCc1ccccc1)C1CCCCC1. The normalized spacial score (nSPS) is 17.5. The van der Waals surface area contributed by atoms with Gasteiger partial charge in [-0.25, -0.2) is 0 Å². The summed E-state index contributed by atoms with van der Waals surface area (Å²) in [5.41, 5.74) is 1.37. The smallest absolute Gasteiger partial charge is 0.117 e. The van der Waals surface area contributed by atoms with Crippen LogP contribution in [-0.4, -0.2) is 11.2 Å². The number of aliphatic hydroxyl groups is 1. The summed E-state index contributed by atoms with van der Waals surface area (Å²) in [5, 5.41) is 10.0. The molecule has 0 aliphatic heterocycles. The van der Waals surface area contributed by atoms with Crippen LogP contribution in [0.4, 0.5) is 0 Å². The van der Waals surface area contributed by atoms with Crippen LogP contribution in [0.1, 0.15) is 50.5 Å². The van der Waals surface area contributed by atoms with Gasteiger partial charge in [0.15, 0.2) is 0 Å². The standard InChI is InChI=1S/C18H24O/c19-18(17-13-7-3-8-14-17)15-9-2-6-12-16-10-4-1-5-11-16/h1,4-5,10-11,17-19H,2-3,6-8,12-14H2/t18-/m0/s1. The van der Waals surface area contributed by atoms with E-state index in [1.807, 2.05) is 6.07 Å². The first-order valence-corrected chi connectivity index (χ1v) is 7.56. The van der Waals surface area contributed by atoms with E-state index in [4.69, 9.17) is 0 Å². The van der Waals surface area contributed by atoms with Crippen LogP contribution >= 0.6 is 0 Å². The van der Waals surface area contributed by atoms with Crippen molar-refractivity contribution in [3.63, 3.8) is 0 Å². The zero-order chi connectivity index (χ0) is 13.3. The topological polar surface area (TPSA) is 20.2 Å². The molecule has 1 fully saturated rings. The highest BCUT2D eigenvalue weighted by atomic mass is 16.3. The highest BCUT2D eigenvalue weighted by molar-refractivity contribution is 5.15. The summed E-state index contributed by atoms with van der Waals surface area (Å²) >= 11 is 0. The van der Waals surface area contributed by atoms with E-state index in [2.05, 4.69) is 36.1 Å². The van der Waals surface area contributed by atoms with Crippen LogP contribution in [0.2, 0.25) is 0 Å². The zero-order valence-corrected chi connectivity index (χ0v) is 11.6. The number of hydrogen-bond donors (Lipinski definition) is 1. The lowest BCUT2D eigenvalue weighted by Crippen LogP contribution is -2.21. The van der Waals surface area contributed by atoms with Gasteiger partial charge in [0.25, 0.3) is 0 Å². The average molecular weight is 256 g/mol. The molecule has 0 amide bonds. The number of aliphatic hydroxyl groups excluding tert-OH is 1. The van der Waals surface area contributed by atoms with E-state index < -0.39 is 6.10 Å². The molecular formula is C18H24O. The van der Waals surface area contributed by atoms with Crippen molar-refractivity contribution >= 4 is 0 Å². The maximum Gasteiger partial charge on any atom is 0.117 e. The van der Waals surface area contributed by atoms with Gasteiger partial charge in [0.05, 0.1) is 0 Å². The van der Waals surface area contributed by atoms with Gasteiger partial charge in [-0.2, -0.15) is 0 Å². The molecule has 0 saturated heterocycles. The quantitative estimate of drug-likeness (QED) is 0.639. The monoisotopic (exact) mass is 256 g/mol. The molecule has 102 valence electrons. The molecular weight excluding hydrogens is 232 g/mol. The first-order chi connectivity index (χ1) is 9.36. The number of hydrogen-bond acceptors (Lipinski definition) is 1. The second-order valence-electron chi connectivity index (χ2n) is 5.50. The average Bonchev–Trinajstić information content (AvgIpc) is 2.49. The molecule has 0 radical (unpaired) electrons. The molecule has 1 nitrogen and oxygen atoms in total. The highest BCUT2D eigenvalue weighted by Gasteiger charge is 2.19. The Morgan fingerprint density at radius 3 is 2.58 bits per heavy atom. The van der Waals surface area contributed by atoms with Crippen molar-refractivity contribution in [2.75, 3.05) is 0 Å². The van der Waals surface area contributed by atoms with E-state index in [-0.39, 0.29) is 0 Å². The molecule has 1 aromatic rings. The van der Waals surface area contributed by atoms with Crippen molar-refractivity contribution in [2.24, 2.45) is 5.92 Å². The van der Waals surface area contributed by atoms with Gasteiger partial charge < -0.3 is 5.11 Å². The molecule has 2 rings (SSSR count). The number of benzene rings is 1. The summed E-state index contributed by atoms with van der Waals surface area (Å²) in [5.74, 6) is 6.62. The minimum Gasteiger partial charge on any atom is -0.380 e. The molecule has 0 bridgehead atoms. The first-order valence-electron chi connectivity index (χ1n) is 7.56. The van der Waals surface area contributed by atoms with Gasteiger partial charge in [-0.05, 0) is 37.2 Å². The molecule has 1 heteroatoms. The van der Waals surface area contributed by atoms with E-state index in [9.17, 15) is 5.11 Å². The zero-order valence-electron chi connectivity index (χ0n) is 11.6. The van der Waals surface area contributed by atoms with E-state index >= 15 is 0 Å². The van der Waals surface area contributed by atoms with Crippen LogP contribution in [0.15, 0.2) is 30.3 Å². The van der Waals surface area contributed by atoms with Crippen LogP contribution in [0.25, 0.3) is 0 Å². The van der Waals surface area contributed by atoms with Crippen LogP contribution in [0, 0.1) is 17.8 Å². The summed E-state index contributed by atoms with van der Waals surface area (Å²) in [7, 11) is 0. The molecule has 1 aliphatic rings. The van der Waals surface area contributed by atoms with Crippen molar-refractivity contribution in [3.05, 3.63) is 35.9 Å². The van der Waals surface area contributed by atoms with Gasteiger partial charge in [0.1, 0.15) is 6.10 Å². The molecule has 1 aliphatic carbocycles. The fourth-order valence-corrected chi connectivity index (χ4v) is 2.77. The molecule has 1 aromatic carbocycles. The minimum atomic E-state index is -0.392. The van der Waals surface area contributed by atoms with E-state index in [1.165, 1.54) is 24.8 Å². The van der Waals surface area contributed by atoms with Crippen LogP contribution < -0.4 is 0 Å². The van der Waals surface area contributed by atoms with Crippen LogP contribution in [0.3, 0.4) is 0 Å². The minimum absolute atomic E-state index is 0.392. The van der Waals surface area contributed by atoms with Gasteiger partial charge in [-0.3, -0.25) is 0 Å². The van der Waals surface area contributed by atoms with Crippen LogP contribution in [-0.2, 0) is 6.42 Å².